The van der Waals surface area contributed by atoms with Crippen LogP contribution in [0.25, 0.3) is 0 Å². The molecule has 2 unspecified atom stereocenters. The summed E-state index contributed by atoms with van der Waals surface area (Å²) in [4.78, 5) is 13.6. The SMILES string of the molecule is CCC(C)Sc1ccc(NC(=O)C(C)Oc2cccc(C#N)c2)c(C)c1. The predicted octanol–water partition coefficient (Wildman–Crippen LogP) is 5.16. The van der Waals surface area contributed by atoms with Crippen LogP contribution in [0.4, 0.5) is 5.69 Å². The number of ether oxygens (including phenoxy) is 1. The molecule has 2 aromatic carbocycles. The van der Waals surface area contributed by atoms with Crippen molar-refractivity contribution in [3.8, 4) is 11.8 Å². The fourth-order valence-corrected chi connectivity index (χ4v) is 3.32. The number of amides is 1. The average Bonchev–Trinajstić information content (AvgIpc) is 2.63. The van der Waals surface area contributed by atoms with Crippen LogP contribution in [0.1, 0.15) is 38.3 Å². The van der Waals surface area contributed by atoms with Crippen LogP contribution in [0.3, 0.4) is 0 Å². The van der Waals surface area contributed by atoms with E-state index in [-0.39, 0.29) is 5.91 Å². The lowest BCUT2D eigenvalue weighted by molar-refractivity contribution is -0.122. The van der Waals surface area contributed by atoms with Gasteiger partial charge in [-0.3, -0.25) is 4.79 Å². The second-order valence-corrected chi connectivity index (χ2v) is 7.71. The Hall–Kier alpha value is -2.45. The Bertz CT molecular complexity index is 814. The fraction of sp³-hybridized carbons (Fsp3) is 0.333. The Labute approximate surface area is 159 Å². The van der Waals surface area contributed by atoms with Gasteiger partial charge in [0, 0.05) is 15.8 Å². The Morgan fingerprint density at radius 2 is 2.04 bits per heavy atom. The zero-order chi connectivity index (χ0) is 19.1. The molecule has 0 fully saturated rings. The highest BCUT2D eigenvalue weighted by Crippen LogP contribution is 2.28. The molecule has 0 saturated carbocycles. The first-order valence-electron chi connectivity index (χ1n) is 8.68. The van der Waals surface area contributed by atoms with E-state index in [0.717, 1.165) is 17.7 Å². The van der Waals surface area contributed by atoms with Gasteiger partial charge >= 0.3 is 0 Å². The van der Waals surface area contributed by atoms with E-state index in [1.54, 1.807) is 31.2 Å². The van der Waals surface area contributed by atoms with E-state index in [9.17, 15) is 4.79 Å². The molecule has 0 aromatic heterocycles. The lowest BCUT2D eigenvalue weighted by Crippen LogP contribution is -2.30. The maximum Gasteiger partial charge on any atom is 0.265 e. The molecule has 2 atom stereocenters. The number of anilines is 1. The normalized spacial score (nSPS) is 12.7. The molecule has 0 aliphatic rings. The van der Waals surface area contributed by atoms with Crippen LogP contribution < -0.4 is 10.1 Å². The summed E-state index contributed by atoms with van der Waals surface area (Å²) in [6.45, 7) is 8.05. The summed E-state index contributed by atoms with van der Waals surface area (Å²) >= 11 is 1.83. The van der Waals surface area contributed by atoms with Crippen molar-refractivity contribution in [2.75, 3.05) is 5.32 Å². The van der Waals surface area contributed by atoms with Crippen LogP contribution in [-0.2, 0) is 4.79 Å². The molecule has 26 heavy (non-hydrogen) atoms. The fourth-order valence-electron chi connectivity index (χ4n) is 2.30. The second kappa shape index (κ2) is 9.30. The van der Waals surface area contributed by atoms with Crippen LogP contribution in [0.2, 0.25) is 0 Å². The zero-order valence-electron chi connectivity index (χ0n) is 15.6. The van der Waals surface area contributed by atoms with Crippen molar-refractivity contribution < 1.29 is 9.53 Å². The largest absolute Gasteiger partial charge is 0.481 e. The minimum Gasteiger partial charge on any atom is -0.481 e. The van der Waals surface area contributed by atoms with Gasteiger partial charge in [-0.15, -0.1) is 11.8 Å². The standard InChI is InChI=1S/C21H24N2O2S/c1-5-15(3)26-19-9-10-20(14(2)11-19)23-21(24)16(4)25-18-8-6-7-17(12-18)13-22/h6-12,15-16H,5H2,1-4H3,(H,23,24). The number of carbonyl (C=O) groups excluding carboxylic acids is 1. The molecule has 0 spiro atoms. The van der Waals surface area contributed by atoms with Crippen molar-refractivity contribution in [1.29, 1.82) is 5.26 Å². The number of nitriles is 1. The molecule has 1 amide bonds. The van der Waals surface area contributed by atoms with E-state index in [1.807, 2.05) is 30.8 Å². The minimum absolute atomic E-state index is 0.224. The molecule has 0 heterocycles. The maximum absolute atomic E-state index is 12.4. The second-order valence-electron chi connectivity index (χ2n) is 6.20. The quantitative estimate of drug-likeness (QED) is 0.685. The van der Waals surface area contributed by atoms with Gasteiger partial charge in [0.25, 0.3) is 5.91 Å². The molecule has 2 rings (SSSR count). The third-order valence-electron chi connectivity index (χ3n) is 4.01. The first-order valence-corrected chi connectivity index (χ1v) is 9.56. The Morgan fingerprint density at radius 1 is 1.27 bits per heavy atom. The third-order valence-corrected chi connectivity index (χ3v) is 5.27. The highest BCUT2D eigenvalue weighted by molar-refractivity contribution is 7.99. The van der Waals surface area contributed by atoms with Gasteiger partial charge in [-0.25, -0.2) is 0 Å². The first kappa shape index (κ1) is 19.9. The van der Waals surface area contributed by atoms with E-state index in [1.165, 1.54) is 4.90 Å². The lowest BCUT2D eigenvalue weighted by atomic mass is 10.2. The Morgan fingerprint density at radius 3 is 2.69 bits per heavy atom. The zero-order valence-corrected chi connectivity index (χ0v) is 16.4. The van der Waals surface area contributed by atoms with Crippen molar-refractivity contribution in [3.63, 3.8) is 0 Å². The molecular weight excluding hydrogens is 344 g/mol. The van der Waals surface area contributed by atoms with Gasteiger partial charge < -0.3 is 10.1 Å². The molecule has 2 aromatic rings. The van der Waals surface area contributed by atoms with Gasteiger partial charge in [0.2, 0.25) is 0 Å². The van der Waals surface area contributed by atoms with Gasteiger partial charge in [0.1, 0.15) is 5.75 Å². The highest BCUT2D eigenvalue weighted by atomic mass is 32.2. The van der Waals surface area contributed by atoms with Gasteiger partial charge in [-0.2, -0.15) is 5.26 Å². The molecule has 4 nitrogen and oxygen atoms in total. The van der Waals surface area contributed by atoms with Crippen LogP contribution >= 0.6 is 11.8 Å². The van der Waals surface area contributed by atoms with E-state index >= 15 is 0 Å². The number of rotatable bonds is 7. The van der Waals surface area contributed by atoms with Gasteiger partial charge in [-0.05, 0) is 62.2 Å². The van der Waals surface area contributed by atoms with Crippen molar-refractivity contribution in [3.05, 3.63) is 53.6 Å². The molecule has 136 valence electrons. The van der Waals surface area contributed by atoms with Gasteiger partial charge in [-0.1, -0.05) is 19.9 Å². The molecule has 5 heteroatoms. The van der Waals surface area contributed by atoms with Gasteiger partial charge in [0.05, 0.1) is 11.6 Å². The summed E-state index contributed by atoms with van der Waals surface area (Å²) < 4.78 is 5.65. The topological polar surface area (TPSA) is 62.1 Å². The minimum atomic E-state index is -0.669. The van der Waals surface area contributed by atoms with Crippen molar-refractivity contribution >= 4 is 23.4 Å². The average molecular weight is 369 g/mol. The summed E-state index contributed by atoms with van der Waals surface area (Å²) in [6.07, 6.45) is 0.446. The summed E-state index contributed by atoms with van der Waals surface area (Å²) in [6, 6.07) is 14.9. The molecule has 0 aliphatic heterocycles. The van der Waals surface area contributed by atoms with Crippen LogP contribution in [0.15, 0.2) is 47.4 Å². The number of nitrogens with one attached hydrogen (secondary N) is 1. The maximum atomic E-state index is 12.4. The van der Waals surface area contributed by atoms with E-state index < -0.39 is 6.10 Å². The van der Waals surface area contributed by atoms with Crippen molar-refractivity contribution in [1.82, 2.24) is 0 Å². The van der Waals surface area contributed by atoms with Crippen molar-refractivity contribution in [2.24, 2.45) is 0 Å². The summed E-state index contributed by atoms with van der Waals surface area (Å²) in [5.41, 5.74) is 2.30. The van der Waals surface area contributed by atoms with Crippen LogP contribution in [0.5, 0.6) is 5.75 Å². The molecule has 0 aliphatic carbocycles. The first-order chi connectivity index (χ1) is 12.4. The third kappa shape index (κ3) is 5.53. The smallest absolute Gasteiger partial charge is 0.265 e. The monoisotopic (exact) mass is 368 g/mol. The number of thioether (sulfide) groups is 1. The highest BCUT2D eigenvalue weighted by Gasteiger charge is 2.16. The molecule has 1 N–H and O–H groups in total. The Kier molecular flexibility index (Phi) is 7.11. The number of hydrogen-bond donors (Lipinski definition) is 1. The van der Waals surface area contributed by atoms with E-state index in [2.05, 4.69) is 31.3 Å². The molecule has 0 bridgehead atoms. The number of carbonyl (C=O) groups is 1. The van der Waals surface area contributed by atoms with E-state index in [0.29, 0.717) is 16.6 Å². The number of nitrogens with zero attached hydrogens (tertiary/aromatic N) is 1. The lowest BCUT2D eigenvalue weighted by Gasteiger charge is -2.16. The number of hydrogen-bond acceptors (Lipinski definition) is 4. The Balaban J connectivity index is 2.01. The predicted molar refractivity (Wildman–Crippen MR) is 107 cm³/mol. The number of benzene rings is 2. The van der Waals surface area contributed by atoms with Crippen LogP contribution in [-0.4, -0.2) is 17.3 Å². The summed E-state index contributed by atoms with van der Waals surface area (Å²) in [5.74, 6) is 0.279. The summed E-state index contributed by atoms with van der Waals surface area (Å²) in [5, 5.41) is 12.4. The van der Waals surface area contributed by atoms with Gasteiger partial charge in [0.15, 0.2) is 6.10 Å². The molecular formula is C21H24N2O2S. The summed E-state index contributed by atoms with van der Waals surface area (Å²) in [7, 11) is 0. The van der Waals surface area contributed by atoms with E-state index in [4.69, 9.17) is 10.00 Å². The van der Waals surface area contributed by atoms with Crippen LogP contribution in [0, 0.1) is 18.3 Å². The van der Waals surface area contributed by atoms with Crippen molar-refractivity contribution in [2.45, 2.75) is 50.4 Å². The molecule has 0 saturated heterocycles. The molecule has 0 radical (unpaired) electrons. The number of aryl methyl sites for hydroxylation is 1.